The molecular formula is C14H19NO. The van der Waals surface area contributed by atoms with Crippen LogP contribution in [0.1, 0.15) is 40.9 Å². The van der Waals surface area contributed by atoms with Gasteiger partial charge in [0.2, 0.25) is 0 Å². The van der Waals surface area contributed by atoms with Crippen molar-refractivity contribution in [1.82, 2.24) is 4.90 Å². The number of rotatable bonds is 1. The van der Waals surface area contributed by atoms with Gasteiger partial charge in [0, 0.05) is 18.2 Å². The summed E-state index contributed by atoms with van der Waals surface area (Å²) < 4.78 is 0. The first kappa shape index (κ1) is 11.2. The third-order valence-corrected chi connectivity index (χ3v) is 3.46. The molecule has 0 N–H and O–H groups in total. The second-order valence-corrected chi connectivity index (χ2v) is 4.94. The maximum Gasteiger partial charge on any atom is 0.254 e. The maximum atomic E-state index is 12.2. The molecule has 1 heterocycles. The van der Waals surface area contributed by atoms with Gasteiger partial charge in [-0.3, -0.25) is 4.79 Å². The van der Waals surface area contributed by atoms with Crippen molar-refractivity contribution >= 4 is 5.91 Å². The third-order valence-electron chi connectivity index (χ3n) is 3.46. The largest absolute Gasteiger partial charge is 0.336 e. The van der Waals surface area contributed by atoms with E-state index < -0.39 is 0 Å². The zero-order valence-electron chi connectivity index (χ0n) is 10.5. The van der Waals surface area contributed by atoms with Crippen LogP contribution < -0.4 is 0 Å². The van der Waals surface area contributed by atoms with Crippen LogP contribution in [0.15, 0.2) is 12.1 Å². The number of hydrogen-bond acceptors (Lipinski definition) is 1. The Morgan fingerprint density at radius 1 is 1.19 bits per heavy atom. The number of benzene rings is 1. The van der Waals surface area contributed by atoms with Gasteiger partial charge in [-0.15, -0.1) is 0 Å². The Kier molecular flexibility index (Phi) is 2.75. The van der Waals surface area contributed by atoms with Crippen molar-refractivity contribution in [2.45, 2.75) is 40.2 Å². The fourth-order valence-corrected chi connectivity index (χ4v) is 2.27. The van der Waals surface area contributed by atoms with Crippen molar-refractivity contribution in [2.75, 3.05) is 6.54 Å². The third kappa shape index (κ3) is 1.73. The zero-order chi connectivity index (χ0) is 11.9. The highest BCUT2D eigenvalue weighted by molar-refractivity contribution is 5.97. The van der Waals surface area contributed by atoms with Crippen LogP contribution in [0, 0.1) is 13.8 Å². The van der Waals surface area contributed by atoms with Gasteiger partial charge in [-0.1, -0.05) is 6.07 Å². The van der Waals surface area contributed by atoms with Crippen molar-refractivity contribution in [1.29, 1.82) is 0 Å². The molecule has 1 aromatic rings. The van der Waals surface area contributed by atoms with Crippen molar-refractivity contribution < 1.29 is 4.79 Å². The Hall–Kier alpha value is -1.31. The van der Waals surface area contributed by atoms with Crippen molar-refractivity contribution in [3.05, 3.63) is 34.4 Å². The van der Waals surface area contributed by atoms with Crippen molar-refractivity contribution in [3.63, 3.8) is 0 Å². The summed E-state index contributed by atoms with van der Waals surface area (Å²) in [4.78, 5) is 14.2. The highest BCUT2D eigenvalue weighted by Gasteiger charge is 2.26. The van der Waals surface area contributed by atoms with Gasteiger partial charge in [0.05, 0.1) is 0 Å². The van der Waals surface area contributed by atoms with Gasteiger partial charge >= 0.3 is 0 Å². The van der Waals surface area contributed by atoms with Gasteiger partial charge in [0.1, 0.15) is 0 Å². The van der Waals surface area contributed by atoms with E-state index in [1.165, 1.54) is 16.7 Å². The fourth-order valence-electron chi connectivity index (χ4n) is 2.27. The first-order chi connectivity index (χ1) is 7.50. The summed E-state index contributed by atoms with van der Waals surface area (Å²) in [6.45, 7) is 9.17. The van der Waals surface area contributed by atoms with E-state index in [1.54, 1.807) is 0 Å². The molecule has 2 rings (SSSR count). The minimum Gasteiger partial charge on any atom is -0.336 e. The van der Waals surface area contributed by atoms with Gasteiger partial charge in [-0.25, -0.2) is 0 Å². The lowest BCUT2D eigenvalue weighted by atomic mass is 9.93. The maximum absolute atomic E-state index is 12.2. The molecule has 0 fully saturated rings. The van der Waals surface area contributed by atoms with Crippen LogP contribution in [-0.2, 0) is 6.42 Å². The minimum atomic E-state index is 0.194. The molecule has 1 amide bonds. The van der Waals surface area contributed by atoms with Gasteiger partial charge in [-0.05, 0) is 56.9 Å². The lowest BCUT2D eigenvalue weighted by molar-refractivity contribution is 0.0688. The molecule has 0 spiro atoms. The van der Waals surface area contributed by atoms with E-state index in [2.05, 4.69) is 33.8 Å². The second kappa shape index (κ2) is 3.93. The monoisotopic (exact) mass is 217 g/mol. The number of hydrogen-bond donors (Lipinski definition) is 0. The Morgan fingerprint density at radius 3 is 2.44 bits per heavy atom. The van der Waals surface area contributed by atoms with Crippen molar-refractivity contribution in [3.8, 4) is 0 Å². The smallest absolute Gasteiger partial charge is 0.254 e. The molecule has 0 aromatic heterocycles. The first-order valence-corrected chi connectivity index (χ1v) is 5.92. The molecule has 0 radical (unpaired) electrons. The number of carbonyl (C=O) groups is 1. The molecule has 0 saturated carbocycles. The van der Waals surface area contributed by atoms with E-state index >= 15 is 0 Å². The lowest BCUT2D eigenvalue weighted by Crippen LogP contribution is -2.42. The highest BCUT2D eigenvalue weighted by Crippen LogP contribution is 2.23. The number of fused-ring (bicyclic) bond motifs is 1. The summed E-state index contributed by atoms with van der Waals surface area (Å²) >= 11 is 0. The molecule has 1 aliphatic heterocycles. The van der Waals surface area contributed by atoms with E-state index in [1.807, 2.05) is 11.0 Å². The first-order valence-electron chi connectivity index (χ1n) is 5.92. The molecule has 1 aromatic carbocycles. The average molecular weight is 217 g/mol. The molecule has 1 aliphatic rings. The Balaban J connectivity index is 2.45. The quantitative estimate of drug-likeness (QED) is 0.708. The fraction of sp³-hybridized carbons (Fsp3) is 0.500. The highest BCUT2D eigenvalue weighted by atomic mass is 16.2. The molecule has 0 bridgehead atoms. The van der Waals surface area contributed by atoms with Gasteiger partial charge in [-0.2, -0.15) is 0 Å². The summed E-state index contributed by atoms with van der Waals surface area (Å²) in [6.07, 6.45) is 0.986. The molecule has 86 valence electrons. The normalized spacial score (nSPS) is 15.6. The van der Waals surface area contributed by atoms with Crippen LogP contribution in [0.2, 0.25) is 0 Å². The molecule has 2 heteroatoms. The minimum absolute atomic E-state index is 0.194. The topological polar surface area (TPSA) is 20.3 Å². The number of aryl methyl sites for hydroxylation is 2. The molecule has 0 unspecified atom stereocenters. The standard InChI is InChI=1S/C14H19NO/c1-9(2)15-6-5-12-7-10(3)11(4)8-13(12)14(15)16/h7-9H,5-6H2,1-4H3. The van der Waals surface area contributed by atoms with Crippen LogP contribution in [-0.4, -0.2) is 23.4 Å². The van der Waals surface area contributed by atoms with Crippen molar-refractivity contribution in [2.24, 2.45) is 0 Å². The molecule has 2 nitrogen and oxygen atoms in total. The Morgan fingerprint density at radius 2 is 1.81 bits per heavy atom. The predicted octanol–water partition coefficient (Wildman–Crippen LogP) is 2.71. The molecule has 16 heavy (non-hydrogen) atoms. The van der Waals surface area contributed by atoms with E-state index in [0.29, 0.717) is 6.04 Å². The van der Waals surface area contributed by atoms with Gasteiger partial charge in [0.15, 0.2) is 0 Å². The van der Waals surface area contributed by atoms with E-state index in [9.17, 15) is 4.79 Å². The SMILES string of the molecule is Cc1cc2c(cc1C)C(=O)N(C(C)C)CC2. The van der Waals surface area contributed by atoms with E-state index in [4.69, 9.17) is 0 Å². The van der Waals surface area contributed by atoms with Gasteiger partial charge in [0.25, 0.3) is 5.91 Å². The number of nitrogens with zero attached hydrogens (tertiary/aromatic N) is 1. The zero-order valence-corrected chi connectivity index (χ0v) is 10.5. The Bertz CT molecular complexity index is 435. The summed E-state index contributed by atoms with van der Waals surface area (Å²) in [5, 5.41) is 0. The number of carbonyl (C=O) groups excluding carboxylic acids is 1. The Labute approximate surface area is 97.3 Å². The summed E-state index contributed by atoms with van der Waals surface area (Å²) in [6, 6.07) is 4.50. The lowest BCUT2D eigenvalue weighted by Gasteiger charge is -2.32. The van der Waals surface area contributed by atoms with Crippen LogP contribution in [0.5, 0.6) is 0 Å². The summed E-state index contributed by atoms with van der Waals surface area (Å²) in [5.41, 5.74) is 4.61. The van der Waals surface area contributed by atoms with E-state index in [0.717, 1.165) is 18.5 Å². The van der Waals surface area contributed by atoms with Crippen LogP contribution in [0.3, 0.4) is 0 Å². The average Bonchev–Trinajstić information content (AvgIpc) is 2.21. The van der Waals surface area contributed by atoms with Crippen LogP contribution in [0.25, 0.3) is 0 Å². The molecule has 0 saturated heterocycles. The molecule has 0 aliphatic carbocycles. The molecular weight excluding hydrogens is 198 g/mol. The predicted molar refractivity (Wildman–Crippen MR) is 65.8 cm³/mol. The molecule has 0 atom stereocenters. The van der Waals surface area contributed by atoms with Gasteiger partial charge < -0.3 is 4.90 Å². The number of amides is 1. The summed E-state index contributed by atoms with van der Waals surface area (Å²) in [7, 11) is 0. The van der Waals surface area contributed by atoms with Crippen LogP contribution >= 0.6 is 0 Å². The second-order valence-electron chi connectivity index (χ2n) is 4.94. The van der Waals surface area contributed by atoms with Crippen LogP contribution in [0.4, 0.5) is 0 Å². The van der Waals surface area contributed by atoms with E-state index in [-0.39, 0.29) is 5.91 Å². The summed E-state index contributed by atoms with van der Waals surface area (Å²) in [5.74, 6) is 0.194.